The summed E-state index contributed by atoms with van der Waals surface area (Å²) in [4.78, 5) is 11.2. The first kappa shape index (κ1) is 11.6. The van der Waals surface area contributed by atoms with E-state index in [2.05, 4.69) is 0 Å². The van der Waals surface area contributed by atoms with Crippen molar-refractivity contribution in [1.82, 2.24) is 0 Å². The monoisotopic (exact) mass is 172 g/mol. The molecule has 2 nitrogen and oxygen atoms in total. The summed E-state index contributed by atoms with van der Waals surface area (Å²) in [6, 6.07) is 0. The standard InChI is InChI=1S/C8H14O2.C2H6/c1-3-8(2)7(9)5-4-6-10-8;1-2/h3-6H2,1-2H3;1-2H3/t8-;/m1./s1. The second-order valence-electron chi connectivity index (χ2n) is 2.96. The Balaban J connectivity index is 0.000000561. The number of ketones is 1. The summed E-state index contributed by atoms with van der Waals surface area (Å²) in [7, 11) is 0. The van der Waals surface area contributed by atoms with Crippen molar-refractivity contribution in [2.75, 3.05) is 6.61 Å². The van der Waals surface area contributed by atoms with Crippen LogP contribution in [0.1, 0.15) is 47.0 Å². The van der Waals surface area contributed by atoms with Crippen LogP contribution in [0.2, 0.25) is 0 Å². The van der Waals surface area contributed by atoms with Crippen molar-refractivity contribution in [3.8, 4) is 0 Å². The lowest BCUT2D eigenvalue weighted by atomic mass is 9.92. The van der Waals surface area contributed by atoms with Crippen LogP contribution in [0.3, 0.4) is 0 Å². The molecule has 0 aliphatic carbocycles. The molecule has 1 saturated heterocycles. The molecule has 1 aliphatic heterocycles. The molecule has 0 bridgehead atoms. The third-order valence-corrected chi connectivity index (χ3v) is 2.23. The minimum absolute atomic E-state index is 0.265. The number of carbonyl (C=O) groups is 1. The molecule has 0 amide bonds. The van der Waals surface area contributed by atoms with Crippen LogP contribution in [-0.4, -0.2) is 18.0 Å². The molecule has 0 spiro atoms. The van der Waals surface area contributed by atoms with Gasteiger partial charge in [-0.25, -0.2) is 0 Å². The molecule has 2 heteroatoms. The maximum atomic E-state index is 11.2. The molecule has 1 fully saturated rings. The van der Waals surface area contributed by atoms with Gasteiger partial charge in [0.15, 0.2) is 5.78 Å². The zero-order valence-corrected chi connectivity index (χ0v) is 8.64. The number of rotatable bonds is 1. The largest absolute Gasteiger partial charge is 0.368 e. The number of Topliss-reactive ketones (excluding diaryl/α,β-unsaturated/α-hetero) is 1. The van der Waals surface area contributed by atoms with Gasteiger partial charge < -0.3 is 4.74 Å². The summed E-state index contributed by atoms with van der Waals surface area (Å²) in [6.07, 6.45) is 2.39. The van der Waals surface area contributed by atoms with Crippen LogP contribution in [0.5, 0.6) is 0 Å². The van der Waals surface area contributed by atoms with E-state index in [-0.39, 0.29) is 5.78 Å². The average molecular weight is 172 g/mol. The Morgan fingerprint density at radius 1 is 1.50 bits per heavy atom. The fraction of sp³-hybridized carbons (Fsp3) is 0.900. The molecule has 1 rings (SSSR count). The molecule has 0 aromatic rings. The van der Waals surface area contributed by atoms with Gasteiger partial charge in [-0.15, -0.1) is 0 Å². The third kappa shape index (κ3) is 2.59. The van der Waals surface area contributed by atoms with Gasteiger partial charge in [0.1, 0.15) is 5.60 Å². The summed E-state index contributed by atoms with van der Waals surface area (Å²) in [5, 5.41) is 0. The molecule has 72 valence electrons. The molecule has 1 aliphatic rings. The lowest BCUT2D eigenvalue weighted by Gasteiger charge is -2.30. The summed E-state index contributed by atoms with van der Waals surface area (Å²) in [5.74, 6) is 0.265. The topological polar surface area (TPSA) is 26.3 Å². The van der Waals surface area contributed by atoms with Crippen molar-refractivity contribution < 1.29 is 9.53 Å². The van der Waals surface area contributed by atoms with Crippen LogP contribution in [0, 0.1) is 0 Å². The fourth-order valence-electron chi connectivity index (χ4n) is 1.17. The second-order valence-corrected chi connectivity index (χ2v) is 2.96. The van der Waals surface area contributed by atoms with Crippen LogP contribution < -0.4 is 0 Å². The highest BCUT2D eigenvalue weighted by Gasteiger charge is 2.33. The lowest BCUT2D eigenvalue weighted by molar-refractivity contribution is -0.150. The van der Waals surface area contributed by atoms with Crippen molar-refractivity contribution in [1.29, 1.82) is 0 Å². The van der Waals surface area contributed by atoms with Gasteiger partial charge >= 0.3 is 0 Å². The number of hydrogen-bond acceptors (Lipinski definition) is 2. The Hall–Kier alpha value is -0.370. The van der Waals surface area contributed by atoms with Crippen LogP contribution in [0.15, 0.2) is 0 Å². The predicted molar refractivity (Wildman–Crippen MR) is 50.2 cm³/mol. The summed E-state index contributed by atoms with van der Waals surface area (Å²) >= 11 is 0. The molecule has 0 aromatic heterocycles. The van der Waals surface area contributed by atoms with Crippen LogP contribution in [0.25, 0.3) is 0 Å². The minimum Gasteiger partial charge on any atom is -0.368 e. The van der Waals surface area contributed by atoms with Gasteiger partial charge in [0.25, 0.3) is 0 Å². The molecular formula is C10H20O2. The van der Waals surface area contributed by atoms with Gasteiger partial charge in [-0.05, 0) is 19.8 Å². The first-order chi connectivity index (χ1) is 5.69. The quantitative estimate of drug-likeness (QED) is 0.607. The minimum atomic E-state index is -0.460. The lowest BCUT2D eigenvalue weighted by Crippen LogP contribution is -2.41. The van der Waals surface area contributed by atoms with Gasteiger partial charge in [0, 0.05) is 13.0 Å². The van der Waals surface area contributed by atoms with E-state index >= 15 is 0 Å². The van der Waals surface area contributed by atoms with Gasteiger partial charge in [-0.1, -0.05) is 20.8 Å². The van der Waals surface area contributed by atoms with Crippen LogP contribution in [0.4, 0.5) is 0 Å². The highest BCUT2D eigenvalue weighted by molar-refractivity contribution is 5.87. The van der Waals surface area contributed by atoms with Crippen LogP contribution >= 0.6 is 0 Å². The van der Waals surface area contributed by atoms with Gasteiger partial charge in [-0.3, -0.25) is 4.79 Å². The maximum Gasteiger partial charge on any atom is 0.164 e. The Labute approximate surface area is 75.3 Å². The summed E-state index contributed by atoms with van der Waals surface area (Å²) < 4.78 is 5.38. The molecular weight excluding hydrogens is 152 g/mol. The van der Waals surface area contributed by atoms with Gasteiger partial charge in [-0.2, -0.15) is 0 Å². The van der Waals surface area contributed by atoms with Crippen LogP contribution in [-0.2, 0) is 9.53 Å². The Bertz CT molecular complexity index is 143. The number of carbonyl (C=O) groups excluding carboxylic acids is 1. The predicted octanol–water partition coefficient (Wildman–Crippen LogP) is 2.56. The first-order valence-electron chi connectivity index (χ1n) is 4.86. The smallest absolute Gasteiger partial charge is 0.164 e. The molecule has 0 saturated carbocycles. The molecule has 12 heavy (non-hydrogen) atoms. The average Bonchev–Trinajstić information content (AvgIpc) is 2.14. The van der Waals surface area contributed by atoms with E-state index in [0.717, 1.165) is 19.4 Å². The van der Waals surface area contributed by atoms with Crippen molar-refractivity contribution in [3.05, 3.63) is 0 Å². The SMILES string of the molecule is CC.CC[C@@]1(C)OCCCC1=O. The normalized spacial score (nSPS) is 29.2. The van der Waals surface area contributed by atoms with Gasteiger partial charge in [0.05, 0.1) is 0 Å². The van der Waals surface area contributed by atoms with E-state index in [1.54, 1.807) is 0 Å². The first-order valence-corrected chi connectivity index (χ1v) is 4.86. The second kappa shape index (κ2) is 5.31. The Morgan fingerprint density at radius 3 is 2.42 bits per heavy atom. The molecule has 0 unspecified atom stereocenters. The molecule has 1 heterocycles. The Morgan fingerprint density at radius 2 is 2.08 bits per heavy atom. The molecule has 0 radical (unpaired) electrons. The molecule has 0 aromatic carbocycles. The zero-order chi connectivity index (χ0) is 9.61. The maximum absolute atomic E-state index is 11.2. The molecule has 1 atom stereocenters. The van der Waals surface area contributed by atoms with Crippen molar-refractivity contribution in [2.24, 2.45) is 0 Å². The Kier molecular flexibility index (Phi) is 5.14. The van der Waals surface area contributed by atoms with Gasteiger partial charge in [0.2, 0.25) is 0 Å². The summed E-state index contributed by atoms with van der Waals surface area (Å²) in [5.41, 5.74) is -0.460. The van der Waals surface area contributed by atoms with E-state index in [0.29, 0.717) is 6.42 Å². The van der Waals surface area contributed by atoms with E-state index in [4.69, 9.17) is 4.74 Å². The van der Waals surface area contributed by atoms with E-state index < -0.39 is 5.60 Å². The summed E-state index contributed by atoms with van der Waals surface area (Å²) in [6.45, 7) is 8.62. The van der Waals surface area contributed by atoms with Crippen molar-refractivity contribution >= 4 is 5.78 Å². The highest BCUT2D eigenvalue weighted by atomic mass is 16.5. The van der Waals surface area contributed by atoms with Crippen molar-refractivity contribution in [2.45, 2.75) is 52.6 Å². The molecule has 0 N–H and O–H groups in total. The zero-order valence-electron chi connectivity index (χ0n) is 8.64. The van der Waals surface area contributed by atoms with E-state index in [1.807, 2.05) is 27.7 Å². The highest BCUT2D eigenvalue weighted by Crippen LogP contribution is 2.23. The van der Waals surface area contributed by atoms with E-state index in [9.17, 15) is 4.79 Å². The van der Waals surface area contributed by atoms with E-state index in [1.165, 1.54) is 0 Å². The number of hydrogen-bond donors (Lipinski definition) is 0. The number of ether oxygens (including phenoxy) is 1. The third-order valence-electron chi connectivity index (χ3n) is 2.23. The fourth-order valence-corrected chi connectivity index (χ4v) is 1.17. The van der Waals surface area contributed by atoms with Crippen molar-refractivity contribution in [3.63, 3.8) is 0 Å².